The minimum atomic E-state index is 0.607. The molecule has 0 aliphatic carbocycles. The Morgan fingerprint density at radius 3 is 2.62 bits per heavy atom. The molecule has 0 radical (unpaired) electrons. The Hall–Kier alpha value is -1.94. The van der Waals surface area contributed by atoms with Gasteiger partial charge in [0.2, 0.25) is 0 Å². The molecular formula is C22H32N4. The first-order chi connectivity index (χ1) is 12.5. The van der Waals surface area contributed by atoms with Crippen LogP contribution in [0.1, 0.15) is 45.9 Å². The number of anilines is 1. The lowest BCUT2D eigenvalue weighted by molar-refractivity contribution is 0.346. The van der Waals surface area contributed by atoms with Gasteiger partial charge in [-0.2, -0.15) is 0 Å². The second-order valence-corrected chi connectivity index (χ2v) is 8.00. The summed E-state index contributed by atoms with van der Waals surface area (Å²) in [5.74, 6) is 1.57. The molecular weight excluding hydrogens is 320 g/mol. The van der Waals surface area contributed by atoms with Crippen LogP contribution in [0.25, 0.3) is 11.3 Å². The number of benzene rings is 1. The molecule has 4 nitrogen and oxygen atoms in total. The number of rotatable bonds is 6. The van der Waals surface area contributed by atoms with Gasteiger partial charge in [-0.15, -0.1) is 0 Å². The monoisotopic (exact) mass is 352 g/mol. The van der Waals surface area contributed by atoms with Gasteiger partial charge < -0.3 is 10.2 Å². The summed E-state index contributed by atoms with van der Waals surface area (Å²) in [4.78, 5) is 11.3. The lowest BCUT2D eigenvalue weighted by atomic mass is 10.00. The lowest BCUT2D eigenvalue weighted by Gasteiger charge is -2.35. The van der Waals surface area contributed by atoms with Gasteiger partial charge in [-0.3, -0.25) is 0 Å². The van der Waals surface area contributed by atoms with E-state index in [9.17, 15) is 0 Å². The molecule has 0 saturated carbocycles. The minimum Gasteiger partial charge on any atom is -0.371 e. The second-order valence-electron chi connectivity index (χ2n) is 8.00. The van der Waals surface area contributed by atoms with E-state index in [0.717, 1.165) is 30.5 Å². The van der Waals surface area contributed by atoms with Crippen LogP contribution < -0.4 is 10.2 Å². The highest BCUT2D eigenvalue weighted by molar-refractivity contribution is 5.65. The maximum absolute atomic E-state index is 4.56. The summed E-state index contributed by atoms with van der Waals surface area (Å²) in [6, 6.07) is 12.0. The van der Waals surface area contributed by atoms with Crippen LogP contribution in [0, 0.1) is 12.8 Å². The van der Waals surface area contributed by atoms with Crippen molar-refractivity contribution < 1.29 is 0 Å². The number of aromatic nitrogens is 2. The van der Waals surface area contributed by atoms with E-state index < -0.39 is 0 Å². The molecule has 140 valence electrons. The zero-order chi connectivity index (χ0) is 18.5. The third-order valence-electron chi connectivity index (χ3n) is 5.12. The molecule has 1 aliphatic rings. The predicted octanol–water partition coefficient (Wildman–Crippen LogP) is 4.45. The highest BCUT2D eigenvalue weighted by Crippen LogP contribution is 2.26. The molecule has 2 aromatic rings. The molecule has 1 aliphatic heterocycles. The summed E-state index contributed by atoms with van der Waals surface area (Å²) in [5, 5.41) is 3.82. The average Bonchev–Trinajstić information content (AvgIpc) is 2.62. The molecule has 1 aromatic carbocycles. The topological polar surface area (TPSA) is 41.1 Å². The fraction of sp³-hybridized carbons (Fsp3) is 0.545. The van der Waals surface area contributed by atoms with Gasteiger partial charge in [0.15, 0.2) is 0 Å². The quantitative estimate of drug-likeness (QED) is 0.834. The molecule has 1 saturated heterocycles. The van der Waals surface area contributed by atoms with Crippen molar-refractivity contribution in [1.82, 2.24) is 15.3 Å². The fourth-order valence-electron chi connectivity index (χ4n) is 3.96. The van der Waals surface area contributed by atoms with Crippen molar-refractivity contribution in [3.8, 4) is 11.3 Å². The van der Waals surface area contributed by atoms with E-state index in [2.05, 4.69) is 65.2 Å². The van der Waals surface area contributed by atoms with Crippen molar-refractivity contribution in [2.45, 2.75) is 59.0 Å². The summed E-state index contributed by atoms with van der Waals surface area (Å²) in [5.41, 5.74) is 3.46. The average molecular weight is 353 g/mol. The first kappa shape index (κ1) is 18.8. The van der Waals surface area contributed by atoms with Gasteiger partial charge in [-0.1, -0.05) is 26.0 Å². The van der Waals surface area contributed by atoms with Crippen LogP contribution >= 0.6 is 0 Å². The molecule has 3 rings (SSSR count). The molecule has 0 spiro atoms. The van der Waals surface area contributed by atoms with E-state index in [-0.39, 0.29) is 0 Å². The minimum absolute atomic E-state index is 0.607. The zero-order valence-corrected chi connectivity index (χ0v) is 16.6. The zero-order valence-electron chi connectivity index (χ0n) is 16.6. The third kappa shape index (κ3) is 5.04. The number of nitrogens with zero attached hydrogens (tertiary/aromatic N) is 3. The van der Waals surface area contributed by atoms with Crippen LogP contribution in [-0.4, -0.2) is 35.1 Å². The van der Waals surface area contributed by atoms with Gasteiger partial charge in [-0.25, -0.2) is 9.97 Å². The van der Waals surface area contributed by atoms with Crippen LogP contribution in [0.5, 0.6) is 0 Å². The Labute approximate surface area is 158 Å². The van der Waals surface area contributed by atoms with Crippen LogP contribution in [0.15, 0.2) is 36.5 Å². The maximum Gasteiger partial charge on any atom is 0.125 e. The molecule has 4 heteroatoms. The van der Waals surface area contributed by atoms with Gasteiger partial charge >= 0.3 is 0 Å². The first-order valence-electron chi connectivity index (χ1n) is 9.92. The van der Waals surface area contributed by atoms with Gasteiger partial charge in [0.05, 0.1) is 5.69 Å². The Kier molecular flexibility index (Phi) is 6.25. The Morgan fingerprint density at radius 2 is 1.92 bits per heavy atom. The molecule has 0 amide bonds. The highest BCUT2D eigenvalue weighted by Gasteiger charge is 2.21. The highest BCUT2D eigenvalue weighted by atomic mass is 15.1. The standard InChI is InChI=1S/C22H32N4/c1-16(2)14-17(3)24-20-9-12-26(13-10-20)21-7-5-6-19(15-21)22-8-11-23-18(4)25-22/h5-8,11,15-17,20,24H,9-10,12-14H2,1-4H3/t17-/m0/s1. The van der Waals surface area contributed by atoms with E-state index in [4.69, 9.17) is 0 Å². The number of hydrogen-bond donors (Lipinski definition) is 1. The van der Waals surface area contributed by atoms with Gasteiger partial charge in [-0.05, 0) is 57.2 Å². The van der Waals surface area contributed by atoms with Crippen molar-refractivity contribution in [3.05, 3.63) is 42.4 Å². The van der Waals surface area contributed by atoms with Gasteiger partial charge in [0, 0.05) is 42.6 Å². The normalized spacial score (nSPS) is 16.9. The Balaban J connectivity index is 1.60. The van der Waals surface area contributed by atoms with Crippen LogP contribution in [0.4, 0.5) is 5.69 Å². The van der Waals surface area contributed by atoms with Gasteiger partial charge in [0.1, 0.15) is 5.82 Å². The van der Waals surface area contributed by atoms with Crippen molar-refractivity contribution in [3.63, 3.8) is 0 Å². The van der Waals surface area contributed by atoms with Crippen molar-refractivity contribution in [1.29, 1.82) is 0 Å². The molecule has 1 atom stereocenters. The number of hydrogen-bond acceptors (Lipinski definition) is 4. The van der Waals surface area contributed by atoms with Crippen molar-refractivity contribution >= 4 is 5.69 Å². The third-order valence-corrected chi connectivity index (χ3v) is 5.12. The van der Waals surface area contributed by atoms with Crippen LogP contribution in [0.2, 0.25) is 0 Å². The van der Waals surface area contributed by atoms with E-state index in [1.165, 1.54) is 30.5 Å². The fourth-order valence-corrected chi connectivity index (χ4v) is 3.96. The summed E-state index contributed by atoms with van der Waals surface area (Å²) >= 11 is 0. The molecule has 1 N–H and O–H groups in total. The van der Waals surface area contributed by atoms with E-state index in [1.807, 2.05) is 19.2 Å². The Bertz CT molecular complexity index is 705. The number of piperidine rings is 1. The van der Waals surface area contributed by atoms with E-state index >= 15 is 0 Å². The second kappa shape index (κ2) is 8.63. The van der Waals surface area contributed by atoms with Crippen molar-refractivity contribution in [2.24, 2.45) is 5.92 Å². The molecule has 1 aromatic heterocycles. The van der Waals surface area contributed by atoms with E-state index in [1.54, 1.807) is 0 Å². The SMILES string of the molecule is Cc1nccc(-c2cccc(N3CCC(N[C@@H](C)CC(C)C)CC3)c2)n1. The molecule has 0 bridgehead atoms. The van der Waals surface area contributed by atoms with Crippen LogP contribution in [0.3, 0.4) is 0 Å². The van der Waals surface area contributed by atoms with Crippen LogP contribution in [-0.2, 0) is 0 Å². The summed E-state index contributed by atoms with van der Waals surface area (Å²) in [6.07, 6.45) is 5.50. The first-order valence-corrected chi connectivity index (χ1v) is 9.92. The number of nitrogens with one attached hydrogen (secondary N) is 1. The molecule has 26 heavy (non-hydrogen) atoms. The summed E-state index contributed by atoms with van der Waals surface area (Å²) < 4.78 is 0. The lowest BCUT2D eigenvalue weighted by Crippen LogP contribution is -2.45. The predicted molar refractivity (Wildman–Crippen MR) is 109 cm³/mol. The summed E-state index contributed by atoms with van der Waals surface area (Å²) in [7, 11) is 0. The summed E-state index contributed by atoms with van der Waals surface area (Å²) in [6.45, 7) is 11.1. The largest absolute Gasteiger partial charge is 0.371 e. The smallest absolute Gasteiger partial charge is 0.125 e. The molecule has 1 fully saturated rings. The maximum atomic E-state index is 4.56. The molecule has 2 heterocycles. The Morgan fingerprint density at radius 1 is 1.15 bits per heavy atom. The van der Waals surface area contributed by atoms with E-state index in [0.29, 0.717) is 12.1 Å². The van der Waals surface area contributed by atoms with Gasteiger partial charge in [0.25, 0.3) is 0 Å². The molecule has 0 unspecified atom stereocenters. The number of aryl methyl sites for hydroxylation is 1. The van der Waals surface area contributed by atoms with Crippen molar-refractivity contribution in [2.75, 3.05) is 18.0 Å².